The summed E-state index contributed by atoms with van der Waals surface area (Å²) in [5.41, 5.74) is 1.81. The minimum Gasteiger partial charge on any atom is -0.481 e. The van der Waals surface area contributed by atoms with Crippen LogP contribution in [0.5, 0.6) is 0 Å². The molecule has 2 nitrogen and oxygen atoms in total. The fourth-order valence-corrected chi connectivity index (χ4v) is 3.26. The van der Waals surface area contributed by atoms with Gasteiger partial charge in [-0.2, -0.15) is 11.8 Å². The maximum atomic E-state index is 11.4. The molecule has 2 aliphatic rings. The van der Waals surface area contributed by atoms with E-state index in [4.69, 9.17) is 0 Å². The molecule has 1 aliphatic heterocycles. The summed E-state index contributed by atoms with van der Waals surface area (Å²) in [7, 11) is 0. The second kappa shape index (κ2) is 3.52. The Morgan fingerprint density at radius 1 is 1.31 bits per heavy atom. The van der Waals surface area contributed by atoms with Gasteiger partial charge in [0.1, 0.15) is 0 Å². The molecule has 1 saturated heterocycles. The fraction of sp³-hybridized carbons (Fsp3) is 0.462. The normalized spacial score (nSPS) is 22.5. The number of rotatable bonds is 3. The molecule has 0 atom stereocenters. The first-order valence-corrected chi connectivity index (χ1v) is 6.80. The smallest absolute Gasteiger partial charge is 0.314 e. The Balaban J connectivity index is 2.03. The third-order valence-electron chi connectivity index (χ3n) is 3.71. The highest BCUT2D eigenvalue weighted by Crippen LogP contribution is 2.51. The molecule has 0 aromatic heterocycles. The summed E-state index contributed by atoms with van der Waals surface area (Å²) < 4.78 is 0. The van der Waals surface area contributed by atoms with E-state index in [2.05, 4.69) is 6.07 Å². The van der Waals surface area contributed by atoms with Gasteiger partial charge in [0.05, 0.1) is 5.41 Å². The molecule has 3 rings (SSSR count). The number of thioether (sulfide) groups is 1. The maximum absolute atomic E-state index is 11.4. The standard InChI is InChI=1S/C13H14O2S/c14-12(15)13(5-6-13)11-4-2-1-3-10(11)9-7-16-8-9/h1-4,9H,5-8H2,(H,14,15). The molecule has 0 unspecified atom stereocenters. The number of carboxylic acid groups (broad SMARTS) is 1. The van der Waals surface area contributed by atoms with E-state index in [9.17, 15) is 9.90 Å². The van der Waals surface area contributed by atoms with E-state index in [0.717, 1.165) is 29.9 Å². The van der Waals surface area contributed by atoms with Crippen molar-refractivity contribution >= 4 is 17.7 Å². The van der Waals surface area contributed by atoms with Gasteiger partial charge in [-0.05, 0) is 24.0 Å². The van der Waals surface area contributed by atoms with Crippen LogP contribution in [0.3, 0.4) is 0 Å². The largest absolute Gasteiger partial charge is 0.481 e. The highest BCUT2D eigenvalue weighted by molar-refractivity contribution is 8.00. The van der Waals surface area contributed by atoms with Gasteiger partial charge in [-0.3, -0.25) is 4.79 Å². The van der Waals surface area contributed by atoms with E-state index in [1.54, 1.807) is 0 Å². The highest BCUT2D eigenvalue weighted by Gasteiger charge is 2.53. The highest BCUT2D eigenvalue weighted by atomic mass is 32.2. The van der Waals surface area contributed by atoms with Crippen molar-refractivity contribution in [3.63, 3.8) is 0 Å². The monoisotopic (exact) mass is 234 g/mol. The molecule has 1 aromatic rings. The van der Waals surface area contributed by atoms with Gasteiger partial charge in [-0.1, -0.05) is 24.3 Å². The van der Waals surface area contributed by atoms with Crippen LogP contribution < -0.4 is 0 Å². The number of carbonyl (C=O) groups is 1. The molecule has 0 spiro atoms. The van der Waals surface area contributed by atoms with E-state index in [1.807, 2.05) is 30.0 Å². The lowest BCUT2D eigenvalue weighted by Gasteiger charge is -2.29. The summed E-state index contributed by atoms with van der Waals surface area (Å²) in [4.78, 5) is 11.4. The first-order valence-electron chi connectivity index (χ1n) is 5.64. The molecule has 2 fully saturated rings. The first kappa shape index (κ1) is 10.2. The van der Waals surface area contributed by atoms with E-state index >= 15 is 0 Å². The van der Waals surface area contributed by atoms with Crippen LogP contribution in [0.25, 0.3) is 0 Å². The Bertz CT molecular complexity index is 433. The van der Waals surface area contributed by atoms with Crippen LogP contribution in [0.1, 0.15) is 29.9 Å². The molecular formula is C13H14O2S. The lowest BCUT2D eigenvalue weighted by molar-refractivity contribution is -0.140. The van der Waals surface area contributed by atoms with Crippen LogP contribution in [-0.2, 0) is 10.2 Å². The Morgan fingerprint density at radius 3 is 2.50 bits per heavy atom. The number of hydrogen-bond acceptors (Lipinski definition) is 2. The van der Waals surface area contributed by atoms with Crippen molar-refractivity contribution < 1.29 is 9.90 Å². The van der Waals surface area contributed by atoms with E-state index < -0.39 is 11.4 Å². The summed E-state index contributed by atoms with van der Waals surface area (Å²) in [5.74, 6) is 2.23. The lowest BCUT2D eigenvalue weighted by atomic mass is 9.86. The second-order valence-corrected chi connectivity index (χ2v) is 5.78. The van der Waals surface area contributed by atoms with Crippen molar-refractivity contribution in [1.82, 2.24) is 0 Å². The van der Waals surface area contributed by atoms with Crippen molar-refractivity contribution in [2.75, 3.05) is 11.5 Å². The molecule has 0 radical (unpaired) electrons. The zero-order chi connectivity index (χ0) is 11.2. The SMILES string of the molecule is O=C(O)C1(c2ccccc2C2CSC2)CC1. The third kappa shape index (κ3) is 1.38. The minimum absolute atomic E-state index is 0.545. The summed E-state index contributed by atoms with van der Waals surface area (Å²) in [6, 6.07) is 8.12. The number of aliphatic carboxylic acids is 1. The summed E-state index contributed by atoms with van der Waals surface area (Å²) in [6.45, 7) is 0. The lowest BCUT2D eigenvalue weighted by Crippen LogP contribution is -2.25. The van der Waals surface area contributed by atoms with Crippen LogP contribution in [0.15, 0.2) is 24.3 Å². The zero-order valence-electron chi connectivity index (χ0n) is 8.98. The minimum atomic E-state index is -0.646. The molecule has 3 heteroatoms. The van der Waals surface area contributed by atoms with E-state index in [0.29, 0.717) is 5.92 Å². The van der Waals surface area contributed by atoms with Gasteiger partial charge in [0.25, 0.3) is 0 Å². The molecule has 1 aliphatic carbocycles. The fourth-order valence-electron chi connectivity index (χ4n) is 2.43. The third-order valence-corrected chi connectivity index (χ3v) is 4.99. The second-order valence-electron chi connectivity index (χ2n) is 4.71. The molecule has 16 heavy (non-hydrogen) atoms. The molecular weight excluding hydrogens is 220 g/mol. The van der Waals surface area contributed by atoms with Gasteiger partial charge >= 0.3 is 5.97 Å². The van der Waals surface area contributed by atoms with Crippen LogP contribution in [0.4, 0.5) is 0 Å². The van der Waals surface area contributed by atoms with Crippen molar-refractivity contribution in [2.45, 2.75) is 24.2 Å². The van der Waals surface area contributed by atoms with E-state index in [1.165, 1.54) is 5.56 Å². The molecule has 1 N–H and O–H groups in total. The van der Waals surface area contributed by atoms with Crippen molar-refractivity contribution in [3.8, 4) is 0 Å². The molecule has 84 valence electrons. The molecule has 0 amide bonds. The van der Waals surface area contributed by atoms with E-state index in [-0.39, 0.29) is 0 Å². The van der Waals surface area contributed by atoms with Crippen molar-refractivity contribution in [1.29, 1.82) is 0 Å². The number of benzene rings is 1. The van der Waals surface area contributed by atoms with Gasteiger partial charge in [-0.25, -0.2) is 0 Å². The molecule has 1 saturated carbocycles. The summed E-state index contributed by atoms with van der Waals surface area (Å²) in [6.07, 6.45) is 1.61. The van der Waals surface area contributed by atoms with Gasteiger partial charge < -0.3 is 5.11 Å². The maximum Gasteiger partial charge on any atom is 0.314 e. The summed E-state index contributed by atoms with van der Waals surface area (Å²) >= 11 is 1.94. The van der Waals surface area contributed by atoms with Crippen LogP contribution in [0, 0.1) is 0 Å². The van der Waals surface area contributed by atoms with Crippen LogP contribution >= 0.6 is 11.8 Å². The average molecular weight is 234 g/mol. The van der Waals surface area contributed by atoms with Gasteiger partial charge in [0.15, 0.2) is 0 Å². The first-order chi connectivity index (χ1) is 7.74. The Kier molecular flexibility index (Phi) is 2.25. The Morgan fingerprint density at radius 2 is 2.00 bits per heavy atom. The number of carboxylic acids is 1. The van der Waals surface area contributed by atoms with Crippen LogP contribution in [-0.4, -0.2) is 22.6 Å². The summed E-state index contributed by atoms with van der Waals surface area (Å²) in [5, 5.41) is 9.35. The Labute approximate surface area is 99.1 Å². The predicted octanol–water partition coefficient (Wildman–Crippen LogP) is 2.63. The van der Waals surface area contributed by atoms with Crippen LogP contribution in [0.2, 0.25) is 0 Å². The zero-order valence-corrected chi connectivity index (χ0v) is 9.80. The van der Waals surface area contributed by atoms with Crippen molar-refractivity contribution in [2.24, 2.45) is 0 Å². The molecule has 0 bridgehead atoms. The van der Waals surface area contributed by atoms with Gasteiger partial charge in [0, 0.05) is 17.4 Å². The molecule has 1 heterocycles. The predicted molar refractivity (Wildman–Crippen MR) is 65.1 cm³/mol. The van der Waals surface area contributed by atoms with Crippen molar-refractivity contribution in [3.05, 3.63) is 35.4 Å². The van der Waals surface area contributed by atoms with Gasteiger partial charge in [-0.15, -0.1) is 0 Å². The quantitative estimate of drug-likeness (QED) is 0.873. The Hall–Kier alpha value is -0.960. The topological polar surface area (TPSA) is 37.3 Å². The number of hydrogen-bond donors (Lipinski definition) is 1. The van der Waals surface area contributed by atoms with Gasteiger partial charge in [0.2, 0.25) is 0 Å². The average Bonchev–Trinajstić information content (AvgIpc) is 2.96. The molecule has 1 aromatic carbocycles.